The van der Waals surface area contributed by atoms with E-state index in [1.165, 1.54) is 0 Å². The number of ketones is 2. The quantitative estimate of drug-likeness (QED) is 0.395. The van der Waals surface area contributed by atoms with E-state index in [-0.39, 0.29) is 22.7 Å². The van der Waals surface area contributed by atoms with Crippen LogP contribution >= 0.6 is 0 Å². The lowest BCUT2D eigenvalue weighted by molar-refractivity contribution is -0.178. The molecular weight excluding hydrogens is 344 g/mol. The second kappa shape index (κ2) is 8.32. The fourth-order valence-electron chi connectivity index (χ4n) is 4.45. The summed E-state index contributed by atoms with van der Waals surface area (Å²) in [6, 6.07) is 0. The Morgan fingerprint density at radius 2 is 0.926 bits per heavy atom. The van der Waals surface area contributed by atoms with Gasteiger partial charge in [-0.1, -0.05) is 51.7 Å². The van der Waals surface area contributed by atoms with Crippen molar-refractivity contribution in [3.63, 3.8) is 0 Å². The van der Waals surface area contributed by atoms with E-state index in [1.807, 2.05) is 0 Å². The topological polar surface area (TPSA) is 77.5 Å². The first kappa shape index (κ1) is 21.3. The smallest absolute Gasteiger partial charge is 0.327 e. The number of ether oxygens (including phenoxy) is 1. The predicted octanol–water partition coefficient (Wildman–Crippen LogP) is 4.25. The lowest BCUT2D eigenvalue weighted by atomic mass is 9.68. The van der Waals surface area contributed by atoms with Crippen LogP contribution in [0.3, 0.4) is 0 Å². The molecule has 0 aromatic carbocycles. The van der Waals surface area contributed by atoms with Gasteiger partial charge in [-0.2, -0.15) is 0 Å². The van der Waals surface area contributed by atoms with Crippen LogP contribution in [0.5, 0.6) is 0 Å². The van der Waals surface area contributed by atoms with Crippen molar-refractivity contribution in [2.75, 3.05) is 0 Å². The summed E-state index contributed by atoms with van der Waals surface area (Å²) < 4.78 is 5.28. The van der Waals surface area contributed by atoms with Crippen molar-refractivity contribution in [2.24, 2.45) is 10.8 Å². The number of hydrogen-bond acceptors (Lipinski definition) is 5. The van der Waals surface area contributed by atoms with Gasteiger partial charge in [0.15, 0.2) is 11.6 Å². The average Bonchev–Trinajstić information content (AvgIpc) is 2.67. The molecule has 0 spiro atoms. The van der Waals surface area contributed by atoms with E-state index in [1.54, 1.807) is 13.8 Å². The zero-order valence-corrected chi connectivity index (χ0v) is 16.5. The van der Waals surface area contributed by atoms with Crippen LogP contribution in [-0.4, -0.2) is 23.5 Å². The molecule has 2 saturated carbocycles. The molecule has 2 aliphatic carbocycles. The van der Waals surface area contributed by atoms with Crippen LogP contribution in [0.25, 0.3) is 0 Å². The van der Waals surface area contributed by atoms with Crippen molar-refractivity contribution in [2.45, 2.75) is 78.1 Å². The minimum absolute atomic E-state index is 0.284. The fourth-order valence-corrected chi connectivity index (χ4v) is 4.45. The molecular formula is C22H30O5. The Labute approximate surface area is 161 Å². The highest BCUT2D eigenvalue weighted by atomic mass is 16.6. The van der Waals surface area contributed by atoms with Gasteiger partial charge in [-0.3, -0.25) is 19.2 Å². The zero-order valence-electron chi connectivity index (χ0n) is 16.5. The molecule has 0 atom stereocenters. The minimum atomic E-state index is -1.35. The summed E-state index contributed by atoms with van der Waals surface area (Å²) in [6.07, 6.45) is 6.17. The predicted molar refractivity (Wildman–Crippen MR) is 102 cm³/mol. The molecule has 0 bridgehead atoms. The largest absolute Gasteiger partial charge is 0.392 e. The maximum Gasteiger partial charge on any atom is 0.327 e. The molecule has 0 unspecified atom stereocenters. The lowest BCUT2D eigenvalue weighted by Gasteiger charge is -2.36. The Hall–Kier alpha value is -2.04. The highest BCUT2D eigenvalue weighted by Crippen LogP contribution is 2.43. The summed E-state index contributed by atoms with van der Waals surface area (Å²) in [7, 11) is 0. The first-order valence-electron chi connectivity index (χ1n) is 9.85. The number of carbonyl (C=O) groups excluding carboxylic acids is 4. The maximum atomic E-state index is 13.0. The number of hydrogen-bond donors (Lipinski definition) is 0. The third-order valence-corrected chi connectivity index (χ3v) is 6.03. The number of Topliss-reactive ketones (excluding diaryl/α,β-unsaturated/α-hetero) is 2. The Morgan fingerprint density at radius 3 is 1.19 bits per heavy atom. The van der Waals surface area contributed by atoms with Crippen LogP contribution in [-0.2, 0) is 23.9 Å². The standard InChI is InChI=1S/C22H30O5/c1-15(2)17(23)21(11-7-5-8-12-21)19(25)27-20(26)22(18(24)16(3)4)13-9-6-10-14-22/h1,3,5-14H2,2,4H3. The average molecular weight is 374 g/mol. The Bertz CT molecular complexity index is 615. The van der Waals surface area contributed by atoms with Crippen LogP contribution in [0, 0.1) is 10.8 Å². The van der Waals surface area contributed by atoms with Gasteiger partial charge in [0, 0.05) is 0 Å². The van der Waals surface area contributed by atoms with Gasteiger partial charge >= 0.3 is 11.9 Å². The number of esters is 2. The SMILES string of the molecule is C=C(C)C(=O)C1(C(=O)OC(=O)C2(C(=O)C(=C)C)CCCCC2)CCCCC1. The molecule has 0 heterocycles. The molecule has 0 aromatic heterocycles. The van der Waals surface area contributed by atoms with E-state index < -0.39 is 22.8 Å². The fraction of sp³-hybridized carbons (Fsp3) is 0.636. The van der Waals surface area contributed by atoms with Crippen molar-refractivity contribution in [3.8, 4) is 0 Å². The Kier molecular flexibility index (Phi) is 6.55. The summed E-state index contributed by atoms with van der Waals surface area (Å²) in [6.45, 7) is 10.5. The second-order valence-electron chi connectivity index (χ2n) is 8.18. The van der Waals surface area contributed by atoms with Gasteiger partial charge in [-0.15, -0.1) is 0 Å². The Balaban J connectivity index is 2.31. The van der Waals surface area contributed by atoms with Gasteiger partial charge in [0.1, 0.15) is 10.8 Å². The van der Waals surface area contributed by atoms with Gasteiger partial charge in [-0.05, 0) is 50.7 Å². The molecule has 2 aliphatic rings. The summed E-state index contributed by atoms with van der Waals surface area (Å²) in [5.74, 6) is -2.35. The summed E-state index contributed by atoms with van der Waals surface area (Å²) in [5.41, 5.74) is -2.12. The highest BCUT2D eigenvalue weighted by molar-refractivity contribution is 6.17. The first-order chi connectivity index (χ1) is 12.7. The molecule has 2 fully saturated rings. The summed E-state index contributed by atoms with van der Waals surface area (Å²) >= 11 is 0. The van der Waals surface area contributed by atoms with Crippen molar-refractivity contribution < 1.29 is 23.9 Å². The van der Waals surface area contributed by atoms with Gasteiger partial charge in [-0.25, -0.2) is 0 Å². The van der Waals surface area contributed by atoms with Crippen LogP contribution in [0.15, 0.2) is 24.3 Å². The van der Waals surface area contributed by atoms with Crippen LogP contribution < -0.4 is 0 Å². The van der Waals surface area contributed by atoms with Gasteiger partial charge < -0.3 is 4.74 Å². The molecule has 0 amide bonds. The van der Waals surface area contributed by atoms with Crippen molar-refractivity contribution in [1.29, 1.82) is 0 Å². The molecule has 5 nitrogen and oxygen atoms in total. The van der Waals surface area contributed by atoms with E-state index in [2.05, 4.69) is 13.2 Å². The highest BCUT2D eigenvalue weighted by Gasteiger charge is 2.53. The number of carbonyl (C=O) groups is 4. The second-order valence-corrected chi connectivity index (χ2v) is 8.18. The van der Waals surface area contributed by atoms with E-state index in [0.29, 0.717) is 25.7 Å². The van der Waals surface area contributed by atoms with E-state index in [9.17, 15) is 19.2 Å². The third-order valence-electron chi connectivity index (χ3n) is 6.03. The molecule has 0 aliphatic heterocycles. The van der Waals surface area contributed by atoms with Crippen molar-refractivity contribution in [1.82, 2.24) is 0 Å². The molecule has 2 rings (SSSR count). The molecule has 5 heteroatoms. The van der Waals surface area contributed by atoms with Gasteiger partial charge in [0.2, 0.25) is 0 Å². The van der Waals surface area contributed by atoms with Gasteiger partial charge in [0.05, 0.1) is 0 Å². The van der Waals surface area contributed by atoms with Crippen LogP contribution in [0.2, 0.25) is 0 Å². The third kappa shape index (κ3) is 3.97. The molecule has 27 heavy (non-hydrogen) atoms. The molecule has 0 aromatic rings. The zero-order chi connectivity index (χ0) is 20.2. The van der Waals surface area contributed by atoms with Gasteiger partial charge in [0.25, 0.3) is 0 Å². The van der Waals surface area contributed by atoms with Crippen molar-refractivity contribution >= 4 is 23.5 Å². The van der Waals surface area contributed by atoms with Crippen LogP contribution in [0.4, 0.5) is 0 Å². The molecule has 0 radical (unpaired) electrons. The monoisotopic (exact) mass is 374 g/mol. The van der Waals surface area contributed by atoms with Crippen molar-refractivity contribution in [3.05, 3.63) is 24.3 Å². The molecule has 148 valence electrons. The Morgan fingerprint density at radius 1 is 0.630 bits per heavy atom. The molecule has 0 saturated heterocycles. The first-order valence-corrected chi connectivity index (χ1v) is 9.85. The lowest BCUT2D eigenvalue weighted by Crippen LogP contribution is -2.48. The van der Waals surface area contributed by atoms with E-state index in [0.717, 1.165) is 38.5 Å². The maximum absolute atomic E-state index is 13.0. The normalized spacial score (nSPS) is 21.0. The number of rotatable bonds is 6. The minimum Gasteiger partial charge on any atom is -0.392 e. The molecule has 0 N–H and O–H groups in total. The van der Waals surface area contributed by atoms with E-state index in [4.69, 9.17) is 4.74 Å². The summed E-state index contributed by atoms with van der Waals surface area (Å²) in [4.78, 5) is 51.5. The summed E-state index contributed by atoms with van der Waals surface area (Å²) in [5, 5.41) is 0. The number of allylic oxidation sites excluding steroid dienone is 2. The van der Waals surface area contributed by atoms with E-state index >= 15 is 0 Å². The van der Waals surface area contributed by atoms with Crippen LogP contribution in [0.1, 0.15) is 78.1 Å².